The first kappa shape index (κ1) is 22.1. The molecule has 6 rings (SSSR count). The Labute approximate surface area is 204 Å². The predicted molar refractivity (Wildman–Crippen MR) is 129 cm³/mol. The van der Waals surface area contributed by atoms with Gasteiger partial charge in [0.05, 0.1) is 18.3 Å². The van der Waals surface area contributed by atoms with Gasteiger partial charge in [-0.05, 0) is 42.9 Å². The van der Waals surface area contributed by atoms with Crippen molar-refractivity contribution in [2.24, 2.45) is 11.8 Å². The molecule has 2 aromatic heterocycles. The van der Waals surface area contributed by atoms with E-state index in [-0.39, 0.29) is 31.2 Å². The SMILES string of the molecule is C[C@H]1[C@H](C)CCC[C@@H]1NC(=O)[C@@]1(C)Cn2c(cc3occc32)C(=O)N1Cc1ccc2c(c1)OCO2. The number of carbonyl (C=O) groups is 2. The van der Waals surface area contributed by atoms with Gasteiger partial charge in [0.25, 0.3) is 5.91 Å². The van der Waals surface area contributed by atoms with Crippen molar-refractivity contribution in [2.45, 2.75) is 64.7 Å². The summed E-state index contributed by atoms with van der Waals surface area (Å²) < 4.78 is 18.5. The zero-order valence-electron chi connectivity index (χ0n) is 20.4. The van der Waals surface area contributed by atoms with Crippen molar-refractivity contribution in [3.63, 3.8) is 0 Å². The molecule has 1 aliphatic carbocycles. The average molecular weight is 478 g/mol. The van der Waals surface area contributed by atoms with Crippen LogP contribution in [0.15, 0.2) is 41.0 Å². The van der Waals surface area contributed by atoms with Crippen molar-refractivity contribution >= 4 is 22.9 Å². The van der Waals surface area contributed by atoms with Gasteiger partial charge >= 0.3 is 0 Å². The average Bonchev–Trinajstić information content (AvgIpc) is 3.56. The molecular formula is C27H31N3O5. The van der Waals surface area contributed by atoms with E-state index in [0.29, 0.717) is 41.2 Å². The lowest BCUT2D eigenvalue weighted by atomic mass is 9.77. The number of hydrogen-bond acceptors (Lipinski definition) is 5. The summed E-state index contributed by atoms with van der Waals surface area (Å²) in [6.07, 6.45) is 4.86. The van der Waals surface area contributed by atoms with Gasteiger partial charge in [0.2, 0.25) is 12.7 Å². The Hall–Kier alpha value is -3.42. The van der Waals surface area contributed by atoms with Gasteiger partial charge < -0.3 is 28.7 Å². The van der Waals surface area contributed by atoms with Gasteiger partial charge in [0.15, 0.2) is 17.1 Å². The maximum absolute atomic E-state index is 14.0. The summed E-state index contributed by atoms with van der Waals surface area (Å²) in [5, 5.41) is 3.34. The van der Waals surface area contributed by atoms with Gasteiger partial charge in [-0.25, -0.2) is 0 Å². The minimum Gasteiger partial charge on any atom is -0.463 e. The Bertz CT molecular complexity index is 1310. The highest BCUT2D eigenvalue weighted by Crippen LogP contribution is 2.37. The number of amides is 2. The molecule has 35 heavy (non-hydrogen) atoms. The fourth-order valence-corrected chi connectivity index (χ4v) is 5.85. The highest BCUT2D eigenvalue weighted by Gasteiger charge is 2.49. The molecule has 8 heteroatoms. The lowest BCUT2D eigenvalue weighted by Gasteiger charge is -2.45. The predicted octanol–water partition coefficient (Wildman–Crippen LogP) is 4.32. The number of nitrogens with zero attached hydrogens (tertiary/aromatic N) is 2. The molecule has 1 fully saturated rings. The van der Waals surface area contributed by atoms with E-state index in [1.165, 1.54) is 6.42 Å². The molecule has 4 heterocycles. The molecule has 4 atom stereocenters. The van der Waals surface area contributed by atoms with Crippen LogP contribution >= 0.6 is 0 Å². The molecule has 2 aliphatic heterocycles. The molecule has 8 nitrogen and oxygen atoms in total. The smallest absolute Gasteiger partial charge is 0.271 e. The lowest BCUT2D eigenvalue weighted by Crippen LogP contribution is -2.65. The van der Waals surface area contributed by atoms with Crippen LogP contribution in [0, 0.1) is 11.8 Å². The van der Waals surface area contributed by atoms with Crippen molar-refractivity contribution in [3.8, 4) is 11.5 Å². The Morgan fingerprint density at radius 3 is 2.83 bits per heavy atom. The number of benzene rings is 1. The second kappa shape index (κ2) is 8.07. The second-order valence-electron chi connectivity index (χ2n) is 10.5. The third-order valence-electron chi connectivity index (χ3n) is 8.34. The molecule has 1 aromatic carbocycles. The second-order valence-corrected chi connectivity index (χ2v) is 10.5. The lowest BCUT2D eigenvalue weighted by molar-refractivity contribution is -0.134. The Morgan fingerprint density at radius 1 is 1.14 bits per heavy atom. The molecule has 0 bridgehead atoms. The van der Waals surface area contributed by atoms with E-state index in [4.69, 9.17) is 13.9 Å². The van der Waals surface area contributed by atoms with E-state index in [0.717, 1.165) is 23.9 Å². The van der Waals surface area contributed by atoms with Crippen LogP contribution in [0.1, 0.15) is 56.1 Å². The summed E-state index contributed by atoms with van der Waals surface area (Å²) in [6, 6.07) is 9.38. The monoisotopic (exact) mass is 477 g/mol. The normalized spacial score (nSPS) is 27.8. The van der Waals surface area contributed by atoms with Crippen LogP contribution in [-0.2, 0) is 17.9 Å². The first-order chi connectivity index (χ1) is 16.8. The van der Waals surface area contributed by atoms with Crippen LogP contribution in [-0.4, -0.2) is 39.7 Å². The molecule has 0 spiro atoms. The number of furan rings is 1. The standard InChI is InChI=1S/C27H31N3O5/c1-16-5-4-6-19(17(16)2)28-26(32)27(3)14-29-20-9-10-33-23(20)12-21(29)25(31)30(27)13-18-7-8-22-24(11-18)35-15-34-22/h7-12,16-17,19H,4-6,13-15H2,1-3H3,(H,28,32)/t16-,17+,19+,27-/m1/s1. The molecule has 3 aromatic rings. The first-order valence-electron chi connectivity index (χ1n) is 12.4. The van der Waals surface area contributed by atoms with Crippen LogP contribution in [0.2, 0.25) is 0 Å². The maximum Gasteiger partial charge on any atom is 0.271 e. The molecule has 0 unspecified atom stereocenters. The Morgan fingerprint density at radius 2 is 1.97 bits per heavy atom. The van der Waals surface area contributed by atoms with Gasteiger partial charge in [-0.15, -0.1) is 0 Å². The topological polar surface area (TPSA) is 85.9 Å². The van der Waals surface area contributed by atoms with Crippen LogP contribution in [0.3, 0.4) is 0 Å². The van der Waals surface area contributed by atoms with E-state index < -0.39 is 5.54 Å². The number of nitrogens with one attached hydrogen (secondary N) is 1. The number of aromatic nitrogens is 1. The highest BCUT2D eigenvalue weighted by molar-refractivity contribution is 6.02. The van der Waals surface area contributed by atoms with Crippen molar-refractivity contribution in [2.75, 3.05) is 6.79 Å². The van der Waals surface area contributed by atoms with Crippen molar-refractivity contribution in [1.82, 2.24) is 14.8 Å². The number of ether oxygens (including phenoxy) is 2. The quantitative estimate of drug-likeness (QED) is 0.605. The fourth-order valence-electron chi connectivity index (χ4n) is 5.85. The molecule has 184 valence electrons. The Kier molecular flexibility index (Phi) is 5.09. The van der Waals surface area contributed by atoms with E-state index in [9.17, 15) is 9.59 Å². The third kappa shape index (κ3) is 3.49. The zero-order valence-corrected chi connectivity index (χ0v) is 20.4. The number of hydrogen-bond donors (Lipinski definition) is 1. The highest BCUT2D eigenvalue weighted by atomic mass is 16.7. The van der Waals surface area contributed by atoms with Crippen LogP contribution < -0.4 is 14.8 Å². The molecular weight excluding hydrogens is 446 g/mol. The molecule has 1 saturated carbocycles. The minimum atomic E-state index is -1.08. The van der Waals surface area contributed by atoms with Gasteiger partial charge in [-0.1, -0.05) is 32.8 Å². The number of carbonyl (C=O) groups excluding carboxylic acids is 2. The van der Waals surface area contributed by atoms with E-state index in [1.807, 2.05) is 35.8 Å². The molecule has 1 N–H and O–H groups in total. The molecule has 3 aliphatic rings. The van der Waals surface area contributed by atoms with Crippen LogP contribution in [0.4, 0.5) is 0 Å². The van der Waals surface area contributed by atoms with Crippen molar-refractivity contribution < 1.29 is 23.5 Å². The van der Waals surface area contributed by atoms with E-state index in [2.05, 4.69) is 19.2 Å². The number of rotatable bonds is 4. The maximum atomic E-state index is 14.0. The summed E-state index contributed by atoms with van der Waals surface area (Å²) in [7, 11) is 0. The summed E-state index contributed by atoms with van der Waals surface area (Å²) >= 11 is 0. The third-order valence-corrected chi connectivity index (χ3v) is 8.34. The van der Waals surface area contributed by atoms with Gasteiger partial charge in [0.1, 0.15) is 11.2 Å². The first-order valence-corrected chi connectivity index (χ1v) is 12.4. The molecule has 0 saturated heterocycles. The Balaban J connectivity index is 1.37. The largest absolute Gasteiger partial charge is 0.463 e. The van der Waals surface area contributed by atoms with Crippen molar-refractivity contribution in [3.05, 3.63) is 47.9 Å². The fraction of sp³-hybridized carbons (Fsp3) is 0.481. The zero-order chi connectivity index (χ0) is 24.3. The molecule has 0 radical (unpaired) electrons. The van der Waals surface area contributed by atoms with Crippen LogP contribution in [0.25, 0.3) is 11.1 Å². The van der Waals surface area contributed by atoms with E-state index in [1.54, 1.807) is 17.2 Å². The summed E-state index contributed by atoms with van der Waals surface area (Å²) in [5.74, 6) is 1.98. The van der Waals surface area contributed by atoms with Gasteiger partial charge in [0, 0.05) is 24.7 Å². The van der Waals surface area contributed by atoms with Crippen LogP contribution in [0.5, 0.6) is 11.5 Å². The van der Waals surface area contributed by atoms with Crippen molar-refractivity contribution in [1.29, 1.82) is 0 Å². The number of fused-ring (bicyclic) bond motifs is 4. The summed E-state index contributed by atoms with van der Waals surface area (Å²) in [5.41, 5.74) is 1.81. The van der Waals surface area contributed by atoms with Gasteiger partial charge in [-0.3, -0.25) is 9.59 Å². The summed E-state index contributed by atoms with van der Waals surface area (Å²) in [4.78, 5) is 29.6. The van der Waals surface area contributed by atoms with E-state index >= 15 is 0 Å². The van der Waals surface area contributed by atoms with Gasteiger partial charge in [-0.2, -0.15) is 0 Å². The summed E-state index contributed by atoms with van der Waals surface area (Å²) in [6.45, 7) is 7.16. The molecule has 2 amide bonds. The minimum absolute atomic E-state index is 0.102.